The number of halogens is 2. The summed E-state index contributed by atoms with van der Waals surface area (Å²) in [6, 6.07) is 4.28. The van der Waals surface area contributed by atoms with E-state index < -0.39 is 5.82 Å². The van der Waals surface area contributed by atoms with Gasteiger partial charge in [-0.15, -0.1) is 0 Å². The SMILES string of the molecule is CCCc1[nH]nc(C(=O)NCc2ccc(F)c(Cl)c2)c1N. The molecule has 112 valence electrons. The second-order valence-corrected chi connectivity index (χ2v) is 5.05. The van der Waals surface area contributed by atoms with Gasteiger partial charge in [-0.2, -0.15) is 5.10 Å². The van der Waals surface area contributed by atoms with Crippen molar-refractivity contribution in [2.45, 2.75) is 26.3 Å². The van der Waals surface area contributed by atoms with Crippen molar-refractivity contribution in [2.24, 2.45) is 0 Å². The number of rotatable bonds is 5. The molecule has 0 spiro atoms. The molecule has 21 heavy (non-hydrogen) atoms. The van der Waals surface area contributed by atoms with Crippen molar-refractivity contribution in [3.05, 3.63) is 46.0 Å². The quantitative estimate of drug-likeness (QED) is 0.794. The molecule has 5 nitrogen and oxygen atoms in total. The fraction of sp³-hybridized carbons (Fsp3) is 0.286. The predicted molar refractivity (Wildman–Crippen MR) is 79.6 cm³/mol. The first-order valence-electron chi connectivity index (χ1n) is 6.57. The molecule has 0 unspecified atom stereocenters. The molecule has 0 radical (unpaired) electrons. The van der Waals surface area contributed by atoms with Crippen molar-refractivity contribution in [2.75, 3.05) is 5.73 Å². The van der Waals surface area contributed by atoms with Crippen LogP contribution in [0.1, 0.15) is 35.1 Å². The van der Waals surface area contributed by atoms with Gasteiger partial charge in [0.2, 0.25) is 0 Å². The maximum Gasteiger partial charge on any atom is 0.274 e. The summed E-state index contributed by atoms with van der Waals surface area (Å²) in [7, 11) is 0. The zero-order chi connectivity index (χ0) is 15.4. The Kier molecular flexibility index (Phi) is 4.80. The zero-order valence-corrected chi connectivity index (χ0v) is 12.3. The van der Waals surface area contributed by atoms with Crippen LogP contribution in [0.2, 0.25) is 5.02 Å². The maximum absolute atomic E-state index is 13.0. The van der Waals surface area contributed by atoms with Crippen molar-refractivity contribution in [3.8, 4) is 0 Å². The van der Waals surface area contributed by atoms with Gasteiger partial charge >= 0.3 is 0 Å². The normalized spacial score (nSPS) is 10.6. The Balaban J connectivity index is 2.03. The van der Waals surface area contributed by atoms with Gasteiger partial charge in [0.25, 0.3) is 5.91 Å². The number of anilines is 1. The lowest BCUT2D eigenvalue weighted by atomic mass is 10.2. The van der Waals surface area contributed by atoms with Crippen LogP contribution in [0.15, 0.2) is 18.2 Å². The lowest BCUT2D eigenvalue weighted by Gasteiger charge is -2.05. The molecule has 1 amide bonds. The molecule has 0 saturated heterocycles. The van der Waals surface area contributed by atoms with Crippen LogP contribution >= 0.6 is 11.6 Å². The van der Waals surface area contributed by atoms with E-state index >= 15 is 0 Å². The maximum atomic E-state index is 13.0. The van der Waals surface area contributed by atoms with E-state index in [4.69, 9.17) is 17.3 Å². The van der Waals surface area contributed by atoms with Crippen molar-refractivity contribution in [1.29, 1.82) is 0 Å². The number of carbonyl (C=O) groups excluding carboxylic acids is 1. The minimum absolute atomic E-state index is 0.0197. The summed E-state index contributed by atoms with van der Waals surface area (Å²) < 4.78 is 13.0. The Hall–Kier alpha value is -2.08. The molecular formula is C14H16ClFN4O. The summed E-state index contributed by atoms with van der Waals surface area (Å²) in [6.45, 7) is 2.23. The van der Waals surface area contributed by atoms with Crippen molar-refractivity contribution >= 4 is 23.2 Å². The number of H-pyrrole nitrogens is 1. The van der Waals surface area contributed by atoms with E-state index in [1.54, 1.807) is 6.07 Å². The Morgan fingerprint density at radius 1 is 1.52 bits per heavy atom. The van der Waals surface area contributed by atoms with Crippen LogP contribution in [0.5, 0.6) is 0 Å². The first-order chi connectivity index (χ1) is 10.0. The molecule has 0 aliphatic rings. The van der Waals surface area contributed by atoms with E-state index in [1.165, 1.54) is 12.1 Å². The van der Waals surface area contributed by atoms with Crippen molar-refractivity contribution < 1.29 is 9.18 Å². The molecule has 4 N–H and O–H groups in total. The van der Waals surface area contributed by atoms with Crippen molar-refractivity contribution in [3.63, 3.8) is 0 Å². The molecule has 1 heterocycles. The zero-order valence-electron chi connectivity index (χ0n) is 11.5. The highest BCUT2D eigenvalue weighted by Crippen LogP contribution is 2.17. The van der Waals surface area contributed by atoms with Gasteiger partial charge in [-0.1, -0.05) is 31.0 Å². The van der Waals surface area contributed by atoms with Gasteiger partial charge in [0.05, 0.1) is 16.4 Å². The van der Waals surface area contributed by atoms with Crippen LogP contribution in [0.3, 0.4) is 0 Å². The fourth-order valence-corrected chi connectivity index (χ4v) is 2.12. The third-order valence-electron chi connectivity index (χ3n) is 3.04. The fourth-order valence-electron chi connectivity index (χ4n) is 1.92. The molecule has 2 rings (SSSR count). The lowest BCUT2D eigenvalue weighted by molar-refractivity contribution is 0.0947. The van der Waals surface area contributed by atoms with Gasteiger partial charge in [0, 0.05) is 6.54 Å². The van der Waals surface area contributed by atoms with E-state index in [0.29, 0.717) is 11.3 Å². The van der Waals surface area contributed by atoms with Crippen LogP contribution in [-0.4, -0.2) is 16.1 Å². The van der Waals surface area contributed by atoms with Gasteiger partial charge in [-0.05, 0) is 24.1 Å². The molecule has 1 aromatic carbocycles. The lowest BCUT2D eigenvalue weighted by Crippen LogP contribution is -2.24. The van der Waals surface area contributed by atoms with E-state index in [-0.39, 0.29) is 23.2 Å². The Labute approximate surface area is 126 Å². The largest absolute Gasteiger partial charge is 0.395 e. The van der Waals surface area contributed by atoms with Gasteiger partial charge in [0.15, 0.2) is 5.69 Å². The summed E-state index contributed by atoms with van der Waals surface area (Å²) in [5, 5.41) is 9.39. The van der Waals surface area contributed by atoms with E-state index in [1.807, 2.05) is 6.92 Å². The van der Waals surface area contributed by atoms with Gasteiger partial charge < -0.3 is 11.1 Å². The van der Waals surface area contributed by atoms with Crippen LogP contribution in [0.4, 0.5) is 10.1 Å². The number of aromatic nitrogens is 2. The highest BCUT2D eigenvalue weighted by molar-refractivity contribution is 6.30. The number of hydrogen-bond donors (Lipinski definition) is 3. The summed E-state index contributed by atoms with van der Waals surface area (Å²) in [4.78, 5) is 12.0. The molecule has 1 aromatic heterocycles. The molecule has 0 bridgehead atoms. The van der Waals surface area contributed by atoms with Crippen molar-refractivity contribution in [1.82, 2.24) is 15.5 Å². The Morgan fingerprint density at radius 3 is 2.95 bits per heavy atom. The van der Waals surface area contributed by atoms with Gasteiger partial charge in [0.1, 0.15) is 5.82 Å². The number of hydrogen-bond acceptors (Lipinski definition) is 3. The third kappa shape index (κ3) is 3.52. The summed E-state index contributed by atoms with van der Waals surface area (Å²) >= 11 is 5.68. The second kappa shape index (κ2) is 6.58. The first-order valence-corrected chi connectivity index (χ1v) is 6.95. The molecule has 0 aliphatic heterocycles. The van der Waals surface area contributed by atoms with Gasteiger partial charge in [-0.3, -0.25) is 9.89 Å². The number of aromatic amines is 1. The number of nitrogens with one attached hydrogen (secondary N) is 2. The molecule has 0 atom stereocenters. The van der Waals surface area contributed by atoms with Crippen LogP contribution in [-0.2, 0) is 13.0 Å². The highest BCUT2D eigenvalue weighted by atomic mass is 35.5. The van der Waals surface area contributed by atoms with E-state index in [9.17, 15) is 9.18 Å². The minimum Gasteiger partial charge on any atom is -0.395 e. The number of aryl methyl sites for hydroxylation is 1. The topological polar surface area (TPSA) is 83.8 Å². The number of nitrogens with two attached hydrogens (primary N) is 1. The summed E-state index contributed by atoms with van der Waals surface area (Å²) in [5.41, 5.74) is 7.87. The summed E-state index contributed by atoms with van der Waals surface area (Å²) in [5.74, 6) is -0.876. The standard InChI is InChI=1S/C14H16ClFN4O/c1-2-3-11-12(17)13(20-19-11)14(21)18-7-8-4-5-10(16)9(15)6-8/h4-6H,2-3,7,17H2,1H3,(H,18,21)(H,19,20). The third-order valence-corrected chi connectivity index (χ3v) is 3.32. The average Bonchev–Trinajstić information content (AvgIpc) is 2.82. The molecule has 7 heteroatoms. The van der Waals surface area contributed by atoms with E-state index in [0.717, 1.165) is 18.5 Å². The molecule has 2 aromatic rings. The smallest absolute Gasteiger partial charge is 0.274 e. The predicted octanol–water partition coefficient (Wildman–Crippen LogP) is 2.67. The van der Waals surface area contributed by atoms with Gasteiger partial charge in [-0.25, -0.2) is 4.39 Å². The Bertz CT molecular complexity index is 656. The van der Waals surface area contributed by atoms with E-state index in [2.05, 4.69) is 15.5 Å². The summed E-state index contributed by atoms with van der Waals surface area (Å²) in [6.07, 6.45) is 1.64. The Morgan fingerprint density at radius 2 is 2.29 bits per heavy atom. The average molecular weight is 311 g/mol. The molecule has 0 aliphatic carbocycles. The number of nitrogen functional groups attached to an aromatic ring is 1. The van der Waals surface area contributed by atoms with Crippen LogP contribution in [0, 0.1) is 5.82 Å². The number of benzene rings is 1. The minimum atomic E-state index is -0.493. The number of amides is 1. The molecule has 0 fully saturated rings. The molecule has 0 saturated carbocycles. The second-order valence-electron chi connectivity index (χ2n) is 4.65. The van der Waals surface area contributed by atoms with Crippen LogP contribution < -0.4 is 11.1 Å². The van der Waals surface area contributed by atoms with Crippen LogP contribution in [0.25, 0.3) is 0 Å². The number of nitrogens with zero attached hydrogens (tertiary/aromatic N) is 1. The number of carbonyl (C=O) groups is 1. The molecular weight excluding hydrogens is 295 g/mol. The first kappa shape index (κ1) is 15.3. The monoisotopic (exact) mass is 310 g/mol. The highest BCUT2D eigenvalue weighted by Gasteiger charge is 2.16.